The van der Waals surface area contributed by atoms with E-state index in [1.165, 1.54) is 5.56 Å². The van der Waals surface area contributed by atoms with Crippen LogP contribution >= 0.6 is 12.2 Å². The van der Waals surface area contributed by atoms with E-state index in [0.29, 0.717) is 6.42 Å². The number of carbonyl (C=O) groups excluding carboxylic acids is 1. The Balaban J connectivity index is 2.67. The topological polar surface area (TPSA) is 55.1 Å². The normalized spacial score (nSPS) is 11.9. The zero-order valence-corrected chi connectivity index (χ0v) is 12.4. The molecule has 0 aromatic heterocycles. The molecule has 0 aliphatic heterocycles. The Labute approximate surface area is 120 Å². The minimum absolute atomic E-state index is 0.113. The van der Waals surface area contributed by atoms with Gasteiger partial charge in [0, 0.05) is 5.69 Å². The Morgan fingerprint density at radius 1 is 1.26 bits per heavy atom. The molecule has 1 unspecified atom stereocenters. The summed E-state index contributed by atoms with van der Waals surface area (Å²) in [7, 11) is 0. The zero-order valence-electron chi connectivity index (χ0n) is 11.6. The second-order valence-electron chi connectivity index (χ2n) is 4.68. The van der Waals surface area contributed by atoms with E-state index < -0.39 is 0 Å². The lowest BCUT2D eigenvalue weighted by Gasteiger charge is -2.14. The lowest BCUT2D eigenvalue weighted by molar-refractivity contribution is -0.118. The van der Waals surface area contributed by atoms with Crippen molar-refractivity contribution in [1.82, 2.24) is 0 Å². The van der Waals surface area contributed by atoms with Crippen molar-refractivity contribution in [1.29, 1.82) is 0 Å². The van der Waals surface area contributed by atoms with Crippen molar-refractivity contribution in [3.63, 3.8) is 0 Å². The number of nitrogens with one attached hydrogen (secondary N) is 1. The maximum absolute atomic E-state index is 12.1. The number of anilines is 1. The Kier molecular flexibility index (Phi) is 6.50. The van der Waals surface area contributed by atoms with Crippen LogP contribution < -0.4 is 11.1 Å². The van der Waals surface area contributed by atoms with Crippen LogP contribution in [0.1, 0.15) is 38.7 Å². The summed E-state index contributed by atoms with van der Waals surface area (Å²) in [4.78, 5) is 12.3. The average molecular weight is 278 g/mol. The minimum Gasteiger partial charge on any atom is -0.393 e. The van der Waals surface area contributed by atoms with E-state index in [-0.39, 0.29) is 16.8 Å². The van der Waals surface area contributed by atoms with Crippen LogP contribution in [0.4, 0.5) is 5.69 Å². The van der Waals surface area contributed by atoms with Gasteiger partial charge >= 0.3 is 0 Å². The molecule has 4 heteroatoms. The van der Waals surface area contributed by atoms with Crippen LogP contribution in [0, 0.1) is 5.92 Å². The number of hydrogen-bond acceptors (Lipinski definition) is 2. The van der Waals surface area contributed by atoms with E-state index in [4.69, 9.17) is 18.0 Å². The molecular weight excluding hydrogens is 256 g/mol. The molecule has 104 valence electrons. The van der Waals surface area contributed by atoms with E-state index in [0.717, 1.165) is 24.9 Å². The Hall–Kier alpha value is -1.42. The summed E-state index contributed by atoms with van der Waals surface area (Å²) in [6.07, 6.45) is 3.74. The molecule has 0 fully saturated rings. The van der Waals surface area contributed by atoms with Crippen molar-refractivity contribution in [2.24, 2.45) is 11.7 Å². The molecule has 1 rings (SSSR count). The number of benzene rings is 1. The molecule has 0 spiro atoms. The lowest BCUT2D eigenvalue weighted by Crippen LogP contribution is -2.33. The van der Waals surface area contributed by atoms with Gasteiger partial charge in [-0.05, 0) is 30.5 Å². The van der Waals surface area contributed by atoms with Crippen LogP contribution in [0.2, 0.25) is 0 Å². The molecule has 0 aliphatic rings. The minimum atomic E-state index is -0.379. The van der Waals surface area contributed by atoms with E-state index in [1.54, 1.807) is 0 Å². The summed E-state index contributed by atoms with van der Waals surface area (Å²) < 4.78 is 0. The first-order chi connectivity index (χ1) is 9.08. The van der Waals surface area contributed by atoms with Gasteiger partial charge in [0.25, 0.3) is 0 Å². The van der Waals surface area contributed by atoms with Crippen molar-refractivity contribution in [3.8, 4) is 0 Å². The molecule has 1 aromatic carbocycles. The fourth-order valence-corrected chi connectivity index (χ4v) is 2.19. The van der Waals surface area contributed by atoms with Gasteiger partial charge in [0.05, 0.1) is 10.9 Å². The van der Waals surface area contributed by atoms with Crippen molar-refractivity contribution < 1.29 is 4.79 Å². The van der Waals surface area contributed by atoms with Gasteiger partial charge in [-0.15, -0.1) is 0 Å². The van der Waals surface area contributed by atoms with Gasteiger partial charge in [-0.25, -0.2) is 0 Å². The van der Waals surface area contributed by atoms with Gasteiger partial charge in [-0.2, -0.15) is 0 Å². The third-order valence-corrected chi connectivity index (χ3v) is 3.28. The van der Waals surface area contributed by atoms with E-state index in [2.05, 4.69) is 12.2 Å². The number of aryl methyl sites for hydroxylation is 1. The Morgan fingerprint density at radius 3 is 2.37 bits per heavy atom. The van der Waals surface area contributed by atoms with Crippen LogP contribution in [-0.2, 0) is 11.2 Å². The molecule has 0 radical (unpaired) electrons. The summed E-state index contributed by atoms with van der Waals surface area (Å²) in [5, 5.41) is 2.87. The smallest absolute Gasteiger partial charge is 0.234 e. The van der Waals surface area contributed by atoms with Crippen molar-refractivity contribution in [2.45, 2.75) is 39.5 Å². The van der Waals surface area contributed by atoms with Crippen LogP contribution in [0.3, 0.4) is 0 Å². The number of nitrogens with two attached hydrogens (primary N) is 1. The van der Waals surface area contributed by atoms with Crippen LogP contribution in [-0.4, -0.2) is 10.9 Å². The monoisotopic (exact) mass is 278 g/mol. The first kappa shape index (κ1) is 15.6. The Morgan fingerprint density at radius 2 is 1.89 bits per heavy atom. The predicted octanol–water partition coefficient (Wildman–Crippen LogP) is 3.28. The predicted molar refractivity (Wildman–Crippen MR) is 84.3 cm³/mol. The number of hydrogen-bond donors (Lipinski definition) is 2. The molecule has 0 saturated heterocycles. The third kappa shape index (κ3) is 4.99. The molecule has 1 amide bonds. The van der Waals surface area contributed by atoms with Gasteiger partial charge in [0.15, 0.2) is 0 Å². The summed E-state index contributed by atoms with van der Waals surface area (Å²) in [5.41, 5.74) is 7.68. The van der Waals surface area contributed by atoms with E-state index in [1.807, 2.05) is 31.2 Å². The standard InChI is InChI=1S/C15H22N2OS/c1-3-5-11-7-9-12(10-8-11)17-15(18)13(6-4-2)14(16)19/h7-10,13H,3-6H2,1-2H3,(H2,16,19)(H,17,18). The van der Waals surface area contributed by atoms with Gasteiger partial charge in [-0.3, -0.25) is 4.79 Å². The third-order valence-electron chi connectivity index (χ3n) is 3.00. The lowest BCUT2D eigenvalue weighted by atomic mass is 10.0. The summed E-state index contributed by atoms with van der Waals surface area (Å²) in [6.45, 7) is 4.16. The first-order valence-electron chi connectivity index (χ1n) is 6.77. The number of amides is 1. The molecule has 0 heterocycles. The highest BCUT2D eigenvalue weighted by molar-refractivity contribution is 7.80. The maximum Gasteiger partial charge on any atom is 0.234 e. The molecule has 19 heavy (non-hydrogen) atoms. The van der Waals surface area contributed by atoms with Crippen molar-refractivity contribution in [2.75, 3.05) is 5.32 Å². The molecule has 3 N–H and O–H groups in total. The number of rotatable bonds is 7. The summed E-state index contributed by atoms with van der Waals surface area (Å²) in [6, 6.07) is 7.92. The SMILES string of the molecule is CCCc1ccc(NC(=O)C(CCC)C(N)=S)cc1. The van der Waals surface area contributed by atoms with Crippen LogP contribution in [0.25, 0.3) is 0 Å². The van der Waals surface area contributed by atoms with Gasteiger partial charge in [-0.1, -0.05) is 51.0 Å². The molecule has 1 aromatic rings. The second-order valence-corrected chi connectivity index (χ2v) is 5.15. The van der Waals surface area contributed by atoms with E-state index in [9.17, 15) is 4.79 Å². The quantitative estimate of drug-likeness (QED) is 0.753. The Bertz CT molecular complexity index is 428. The molecule has 0 aliphatic carbocycles. The van der Waals surface area contributed by atoms with Gasteiger partial charge < -0.3 is 11.1 Å². The summed E-state index contributed by atoms with van der Waals surface area (Å²) in [5.74, 6) is -0.493. The number of carbonyl (C=O) groups is 1. The molecule has 0 bridgehead atoms. The molecular formula is C15H22N2OS. The number of thiocarbonyl (C=S) groups is 1. The molecule has 0 saturated carbocycles. The second kappa shape index (κ2) is 7.89. The molecule has 3 nitrogen and oxygen atoms in total. The fourth-order valence-electron chi connectivity index (χ4n) is 1.96. The highest BCUT2D eigenvalue weighted by Gasteiger charge is 2.20. The van der Waals surface area contributed by atoms with Crippen molar-refractivity contribution in [3.05, 3.63) is 29.8 Å². The highest BCUT2D eigenvalue weighted by atomic mass is 32.1. The van der Waals surface area contributed by atoms with Crippen LogP contribution in [0.15, 0.2) is 24.3 Å². The van der Waals surface area contributed by atoms with Gasteiger partial charge in [0.2, 0.25) is 5.91 Å². The van der Waals surface area contributed by atoms with Crippen molar-refractivity contribution >= 4 is 28.8 Å². The first-order valence-corrected chi connectivity index (χ1v) is 7.18. The van der Waals surface area contributed by atoms with Gasteiger partial charge in [0.1, 0.15) is 0 Å². The maximum atomic E-state index is 12.1. The largest absolute Gasteiger partial charge is 0.393 e. The average Bonchev–Trinajstić information content (AvgIpc) is 2.38. The molecule has 1 atom stereocenters. The van der Waals surface area contributed by atoms with E-state index >= 15 is 0 Å². The fraction of sp³-hybridized carbons (Fsp3) is 0.467. The van der Waals surface area contributed by atoms with Crippen LogP contribution in [0.5, 0.6) is 0 Å². The highest BCUT2D eigenvalue weighted by Crippen LogP contribution is 2.14. The zero-order chi connectivity index (χ0) is 14.3. The summed E-state index contributed by atoms with van der Waals surface area (Å²) >= 11 is 4.95.